The Labute approximate surface area is 207 Å². The van der Waals surface area contributed by atoms with Gasteiger partial charge in [0.2, 0.25) is 6.29 Å². The predicted molar refractivity (Wildman–Crippen MR) is 105 cm³/mol. The van der Waals surface area contributed by atoms with Crippen LogP contribution < -0.4 is 10.1 Å². The van der Waals surface area contributed by atoms with Gasteiger partial charge in [0.15, 0.2) is 6.10 Å². The number of benzene rings is 1. The maximum absolute atomic E-state index is 12.4. The summed E-state index contributed by atoms with van der Waals surface area (Å²) in [6, 6.07) is 4.55. The van der Waals surface area contributed by atoms with Gasteiger partial charge in [0.25, 0.3) is 5.91 Å². The molecular formula is C17H24INO9Y. The Kier molecular flexibility index (Phi) is 15.2. The number of carbonyl (C=O) groups is 2. The van der Waals surface area contributed by atoms with Crippen molar-refractivity contribution in [3.63, 3.8) is 0 Å². The third kappa shape index (κ3) is 9.51. The zero-order valence-electron chi connectivity index (χ0n) is 15.8. The number of hydrogen-bond acceptors (Lipinski definition) is 8. The third-order valence-corrected chi connectivity index (χ3v) is 3.86. The molecule has 1 saturated heterocycles. The number of methoxy groups -OCH3 is 1. The number of amides is 1. The summed E-state index contributed by atoms with van der Waals surface area (Å²) >= 11 is 1.15. The molecule has 1 heterocycles. The Bertz CT molecular complexity index is 649. The van der Waals surface area contributed by atoms with Crippen LogP contribution in [0.15, 0.2) is 18.2 Å². The van der Waals surface area contributed by atoms with Crippen molar-refractivity contribution in [1.29, 1.82) is 0 Å². The van der Waals surface area contributed by atoms with E-state index in [0.717, 1.165) is 23.0 Å². The predicted octanol–water partition coefficient (Wildman–Crippen LogP) is 0.211. The van der Waals surface area contributed by atoms with Crippen LogP contribution in [0.1, 0.15) is 28.8 Å². The molecule has 161 valence electrons. The quantitative estimate of drug-likeness (QED) is 0.208. The van der Waals surface area contributed by atoms with E-state index in [-0.39, 0.29) is 70.0 Å². The molecule has 12 heteroatoms. The van der Waals surface area contributed by atoms with Crippen LogP contribution in [0.5, 0.6) is 5.75 Å². The smallest absolute Gasteiger partial charge is 0.333 e. The zero-order chi connectivity index (χ0) is 21.1. The molecule has 2 rings (SSSR count). The molecular weight excluding hydrogens is 578 g/mol. The Morgan fingerprint density at radius 2 is 2.00 bits per heavy atom. The van der Waals surface area contributed by atoms with Crippen molar-refractivity contribution in [2.24, 2.45) is 0 Å². The number of rotatable bonds is 8. The summed E-state index contributed by atoms with van der Waals surface area (Å²) < 4.78 is 22.8. The van der Waals surface area contributed by atoms with Gasteiger partial charge in [-0.1, -0.05) is 6.07 Å². The number of ether oxygens (including phenoxy) is 3. The minimum absolute atomic E-state index is 0. The monoisotopic (exact) mass is 602 g/mol. The van der Waals surface area contributed by atoms with E-state index in [1.54, 1.807) is 6.07 Å². The molecule has 1 fully saturated rings. The van der Waals surface area contributed by atoms with Crippen LogP contribution in [0.3, 0.4) is 0 Å². The number of nitrogens with one attached hydrogen (secondary N) is 1. The number of carbonyl (C=O) groups excluding carboxylic acids is 1. The molecule has 1 aromatic rings. The summed E-state index contributed by atoms with van der Waals surface area (Å²) in [5.41, 5.74) is 0.686. The fourth-order valence-corrected chi connectivity index (χ4v) is 2.55. The van der Waals surface area contributed by atoms with Gasteiger partial charge < -0.3 is 38.3 Å². The third-order valence-electron chi connectivity index (χ3n) is 3.86. The van der Waals surface area contributed by atoms with E-state index in [0.29, 0.717) is 12.2 Å². The van der Waals surface area contributed by atoms with E-state index in [1.165, 1.54) is 19.2 Å². The second-order valence-electron chi connectivity index (χ2n) is 5.87. The first kappa shape index (κ1) is 28.6. The van der Waals surface area contributed by atoms with Gasteiger partial charge in [-0.05, 0) is 17.7 Å². The van der Waals surface area contributed by atoms with E-state index < -0.39 is 30.4 Å². The van der Waals surface area contributed by atoms with Gasteiger partial charge >= 0.3 is 5.97 Å². The summed E-state index contributed by atoms with van der Waals surface area (Å²) in [7, 11) is 1.51. The molecule has 0 saturated carbocycles. The van der Waals surface area contributed by atoms with Crippen LogP contribution in [-0.4, -0.2) is 69.4 Å². The number of aliphatic hydroxyl groups excluding tert-OH is 2. The van der Waals surface area contributed by atoms with Crippen molar-refractivity contribution in [3.8, 4) is 5.75 Å². The van der Waals surface area contributed by atoms with Crippen LogP contribution in [0.2, 0.25) is 0 Å². The van der Waals surface area contributed by atoms with Gasteiger partial charge in [-0.25, -0.2) is 4.79 Å². The molecule has 1 aromatic carbocycles. The number of halogens is 1. The van der Waals surface area contributed by atoms with E-state index in [1.807, 2.05) is 0 Å². The second-order valence-corrected chi connectivity index (χ2v) is 5.87. The molecule has 3 unspecified atom stereocenters. The van der Waals surface area contributed by atoms with Gasteiger partial charge in [0.1, 0.15) is 28.8 Å². The van der Waals surface area contributed by atoms with E-state index in [2.05, 4.69) is 5.32 Å². The first-order chi connectivity index (χ1) is 13.4. The van der Waals surface area contributed by atoms with Crippen LogP contribution in [0.4, 0.5) is 0 Å². The molecule has 0 spiro atoms. The van der Waals surface area contributed by atoms with Crippen molar-refractivity contribution in [3.05, 3.63) is 29.3 Å². The average molecular weight is 602 g/mol. The number of aliphatic hydroxyl groups is 2. The molecule has 3 atom stereocenters. The Balaban J connectivity index is 0.00000253. The topological polar surface area (TPSA) is 155 Å². The Morgan fingerprint density at radius 3 is 2.59 bits per heavy atom. The molecule has 1 radical (unpaired) electrons. The van der Waals surface area contributed by atoms with Crippen LogP contribution in [0, 0.1) is 0 Å². The van der Waals surface area contributed by atoms with Crippen molar-refractivity contribution in [1.82, 2.24) is 5.32 Å². The summed E-state index contributed by atoms with van der Waals surface area (Å²) in [4.78, 5) is 23.5. The van der Waals surface area contributed by atoms with Gasteiger partial charge in [-0.15, -0.1) is 0 Å². The molecule has 0 aliphatic carbocycles. The normalized spacial score (nSPS) is 20.5. The van der Waals surface area contributed by atoms with Crippen molar-refractivity contribution in [2.45, 2.75) is 37.9 Å². The number of aliphatic carboxylic acids is 1. The van der Waals surface area contributed by atoms with Crippen LogP contribution >= 0.6 is 23.0 Å². The van der Waals surface area contributed by atoms with E-state index >= 15 is 0 Å². The van der Waals surface area contributed by atoms with Crippen molar-refractivity contribution in [2.75, 3.05) is 20.3 Å². The van der Waals surface area contributed by atoms with Gasteiger partial charge in [0.05, 0.1) is 24.9 Å². The molecule has 1 aliphatic heterocycles. The molecule has 0 aromatic heterocycles. The maximum atomic E-state index is 12.4. The standard InChI is InChI=1S/C17H23NO8.HIO.Y/c1-24-5-4-18-16(21)12-6-10(9-19)2-3-13(12)25-15-8-11(20)7-14(26-15)17(22)23;1-2;/h2-3,6,11,14-15,19-20H,4-5,7-9H2,1H3,(H,18,21)(H,22,23);2H;. The minimum Gasteiger partial charge on any atom is -0.479 e. The second kappa shape index (κ2) is 15.4. The molecule has 1 amide bonds. The molecule has 1 aliphatic rings. The van der Waals surface area contributed by atoms with Crippen molar-refractivity contribution >= 4 is 34.9 Å². The van der Waals surface area contributed by atoms with Crippen molar-refractivity contribution < 1.29 is 75.3 Å². The number of hydrogen-bond donors (Lipinski definition) is 5. The van der Waals surface area contributed by atoms with E-state index in [4.69, 9.17) is 22.8 Å². The van der Waals surface area contributed by atoms with Gasteiger partial charge in [-0.3, -0.25) is 4.79 Å². The molecule has 29 heavy (non-hydrogen) atoms. The molecule has 5 N–H and O–H groups in total. The molecule has 10 nitrogen and oxygen atoms in total. The Hall–Kier alpha value is -0.406. The zero-order valence-corrected chi connectivity index (χ0v) is 20.8. The summed E-state index contributed by atoms with van der Waals surface area (Å²) in [5, 5.41) is 30.8. The summed E-state index contributed by atoms with van der Waals surface area (Å²) in [5.74, 6) is -1.45. The van der Waals surface area contributed by atoms with Crippen LogP contribution in [0.25, 0.3) is 0 Å². The van der Waals surface area contributed by atoms with Gasteiger partial charge in [0, 0.05) is 59.2 Å². The fourth-order valence-electron chi connectivity index (χ4n) is 2.55. The fraction of sp³-hybridized carbons (Fsp3) is 0.529. The van der Waals surface area contributed by atoms with Gasteiger partial charge in [-0.2, -0.15) is 0 Å². The number of carboxylic acids is 1. The first-order valence-corrected chi connectivity index (χ1v) is 9.32. The molecule has 0 bridgehead atoms. The maximum Gasteiger partial charge on any atom is 0.333 e. The summed E-state index contributed by atoms with van der Waals surface area (Å²) in [6.07, 6.45) is -3.02. The largest absolute Gasteiger partial charge is 0.479 e. The number of carboxylic acid groups (broad SMARTS) is 1. The average Bonchev–Trinajstić information content (AvgIpc) is 2.69. The summed E-state index contributed by atoms with van der Waals surface area (Å²) in [6.45, 7) is 0.371. The first-order valence-electron chi connectivity index (χ1n) is 8.35. The van der Waals surface area contributed by atoms with E-state index in [9.17, 15) is 19.8 Å². The Morgan fingerprint density at radius 1 is 1.31 bits per heavy atom. The minimum atomic E-state index is -1.19. The SMILES string of the molecule is COCCNC(=O)c1cc(CO)ccc1OC1CC(O)CC(C(=O)O)O1.OI.[Y]. The van der Waals surface area contributed by atoms with Crippen LogP contribution in [-0.2, 0) is 53.6 Å².